The van der Waals surface area contributed by atoms with Gasteiger partial charge >= 0.3 is 0 Å². The number of anilines is 2. The summed E-state index contributed by atoms with van der Waals surface area (Å²) in [6.45, 7) is 4.66. The van der Waals surface area contributed by atoms with Gasteiger partial charge in [0.1, 0.15) is 5.82 Å². The number of carbonyl (C=O) groups excluding carboxylic acids is 3. The second kappa shape index (κ2) is 8.75. The van der Waals surface area contributed by atoms with Crippen molar-refractivity contribution in [3.8, 4) is 5.69 Å². The zero-order valence-corrected chi connectivity index (χ0v) is 19.3. The number of hydrogen-bond donors (Lipinski definition) is 2. The second-order valence-electron chi connectivity index (χ2n) is 8.62. The molecule has 3 amide bonds. The number of aryl methyl sites for hydroxylation is 1. The number of piperazine rings is 1. The summed E-state index contributed by atoms with van der Waals surface area (Å²) in [6.07, 6.45) is 0.939. The quantitative estimate of drug-likeness (QED) is 0.561. The first-order valence-corrected chi connectivity index (χ1v) is 11.5. The third-order valence-electron chi connectivity index (χ3n) is 6.60. The molecule has 0 spiro atoms. The number of nitrogens with zero attached hydrogens (tertiary/aromatic N) is 3. The van der Waals surface area contributed by atoms with Crippen LogP contribution in [0.5, 0.6) is 0 Å². The van der Waals surface area contributed by atoms with E-state index < -0.39 is 17.4 Å². The van der Waals surface area contributed by atoms with Crippen LogP contribution < -0.4 is 21.5 Å². The average Bonchev–Trinajstić information content (AvgIpc) is 3.17. The summed E-state index contributed by atoms with van der Waals surface area (Å²) in [5.41, 5.74) is 8.99. The number of carbonyl (C=O) groups is 3. The van der Waals surface area contributed by atoms with Crippen molar-refractivity contribution in [2.45, 2.75) is 13.3 Å². The molecule has 0 atom stereocenters. The number of fused-ring (bicyclic) bond motifs is 1. The molecule has 0 unspecified atom stereocenters. The van der Waals surface area contributed by atoms with Gasteiger partial charge in [0, 0.05) is 43.5 Å². The van der Waals surface area contributed by atoms with Crippen LogP contribution in [0.25, 0.3) is 5.69 Å². The summed E-state index contributed by atoms with van der Waals surface area (Å²) in [4.78, 5) is 53.5. The van der Waals surface area contributed by atoms with Gasteiger partial charge in [-0.25, -0.2) is 0 Å². The molecule has 5 rings (SSSR count). The number of nitrogen functional groups attached to an aromatic ring is 1. The van der Waals surface area contributed by atoms with Gasteiger partial charge in [0.05, 0.1) is 16.8 Å². The number of nitrogens with two attached hydrogens (primary N) is 1. The predicted molar refractivity (Wildman–Crippen MR) is 132 cm³/mol. The van der Waals surface area contributed by atoms with Crippen LogP contribution in [0.15, 0.2) is 59.4 Å². The van der Waals surface area contributed by atoms with Gasteiger partial charge in [0.2, 0.25) is 0 Å². The molecule has 178 valence electrons. The van der Waals surface area contributed by atoms with E-state index in [1.165, 1.54) is 10.1 Å². The molecule has 2 aromatic carbocycles. The summed E-state index contributed by atoms with van der Waals surface area (Å²) in [5.74, 6) is -1.26. The summed E-state index contributed by atoms with van der Waals surface area (Å²) in [5, 5.41) is 2.16. The van der Waals surface area contributed by atoms with Crippen molar-refractivity contribution in [2.24, 2.45) is 0 Å². The van der Waals surface area contributed by atoms with Gasteiger partial charge in [0.25, 0.3) is 23.3 Å². The fraction of sp³-hybridized carbons (Fsp3) is 0.231. The van der Waals surface area contributed by atoms with Crippen LogP contribution in [0.1, 0.15) is 43.6 Å². The minimum absolute atomic E-state index is 0.000838. The molecule has 2 aliphatic rings. The van der Waals surface area contributed by atoms with Crippen LogP contribution in [0.4, 0.5) is 11.5 Å². The van der Waals surface area contributed by atoms with E-state index in [9.17, 15) is 19.2 Å². The van der Waals surface area contributed by atoms with Crippen LogP contribution in [0, 0.1) is 0 Å². The molecular formula is C26H25N5O4. The average molecular weight is 472 g/mol. The molecule has 35 heavy (non-hydrogen) atoms. The van der Waals surface area contributed by atoms with E-state index in [4.69, 9.17) is 5.73 Å². The van der Waals surface area contributed by atoms with E-state index >= 15 is 0 Å². The lowest BCUT2D eigenvalue weighted by molar-refractivity contribution is 0.0746. The van der Waals surface area contributed by atoms with Gasteiger partial charge in [-0.05, 0) is 48.4 Å². The highest BCUT2D eigenvalue weighted by Gasteiger charge is 2.32. The molecule has 3 N–H and O–H groups in total. The fourth-order valence-corrected chi connectivity index (χ4v) is 4.59. The molecule has 0 saturated carbocycles. The molecule has 1 fully saturated rings. The zero-order chi connectivity index (χ0) is 24.7. The fourth-order valence-electron chi connectivity index (χ4n) is 4.59. The Morgan fingerprint density at radius 2 is 1.51 bits per heavy atom. The molecule has 0 radical (unpaired) electrons. The molecule has 3 heterocycles. The van der Waals surface area contributed by atoms with Crippen molar-refractivity contribution in [1.29, 1.82) is 0 Å². The molecule has 0 aliphatic carbocycles. The first kappa shape index (κ1) is 22.4. The highest BCUT2D eigenvalue weighted by atomic mass is 16.2. The minimum Gasteiger partial charge on any atom is -0.384 e. The second-order valence-corrected chi connectivity index (χ2v) is 8.62. The smallest absolute Gasteiger partial charge is 0.262 e. The lowest BCUT2D eigenvalue weighted by Crippen LogP contribution is -2.48. The highest BCUT2D eigenvalue weighted by molar-refractivity contribution is 6.23. The number of hydrogen-bond acceptors (Lipinski definition) is 6. The number of rotatable bonds is 4. The van der Waals surface area contributed by atoms with Gasteiger partial charge in [0.15, 0.2) is 0 Å². The van der Waals surface area contributed by atoms with E-state index in [2.05, 4.69) is 17.1 Å². The summed E-state index contributed by atoms with van der Waals surface area (Å²) < 4.78 is 1.22. The van der Waals surface area contributed by atoms with Crippen LogP contribution >= 0.6 is 0 Å². The van der Waals surface area contributed by atoms with Crippen molar-refractivity contribution in [2.75, 3.05) is 36.8 Å². The summed E-state index contributed by atoms with van der Waals surface area (Å²) >= 11 is 0. The van der Waals surface area contributed by atoms with Crippen molar-refractivity contribution in [3.05, 3.63) is 87.2 Å². The third kappa shape index (κ3) is 3.95. The Labute approximate surface area is 201 Å². The standard InChI is InChI=1S/C26H25N5O4/c1-2-16-3-5-17(6-4-16)26(35)30-13-11-29(12-14-30)18-7-9-19(10-8-18)31-21(32)15-20-22(23(31)27)25(34)28-24(20)33/h3-10,15H,2,11-14,27H2,1H3,(H,28,33,34). The Balaban J connectivity index is 1.30. The number of benzene rings is 2. The van der Waals surface area contributed by atoms with Crippen LogP contribution in [0.3, 0.4) is 0 Å². The van der Waals surface area contributed by atoms with Gasteiger partial charge in [-0.2, -0.15) is 0 Å². The zero-order valence-electron chi connectivity index (χ0n) is 19.3. The lowest BCUT2D eigenvalue weighted by Gasteiger charge is -2.36. The van der Waals surface area contributed by atoms with Crippen molar-refractivity contribution >= 4 is 29.2 Å². The lowest BCUT2D eigenvalue weighted by atomic mass is 10.1. The monoisotopic (exact) mass is 471 g/mol. The molecule has 1 saturated heterocycles. The molecular weight excluding hydrogens is 446 g/mol. The maximum atomic E-state index is 12.8. The normalized spacial score (nSPS) is 15.2. The SMILES string of the molecule is CCc1ccc(C(=O)N2CCN(c3ccc(-n4c(N)c5c(cc4=O)C(=O)NC5=O)cc3)CC2)cc1. The Bertz CT molecular complexity index is 1380. The summed E-state index contributed by atoms with van der Waals surface area (Å²) in [6, 6.07) is 16.1. The largest absolute Gasteiger partial charge is 0.384 e. The van der Waals surface area contributed by atoms with Gasteiger partial charge < -0.3 is 15.5 Å². The van der Waals surface area contributed by atoms with Gasteiger partial charge in [-0.3, -0.25) is 29.1 Å². The number of amides is 3. The minimum atomic E-state index is -0.619. The van der Waals surface area contributed by atoms with Crippen molar-refractivity contribution in [1.82, 2.24) is 14.8 Å². The van der Waals surface area contributed by atoms with Crippen LogP contribution in [-0.4, -0.2) is 53.4 Å². The third-order valence-corrected chi connectivity index (χ3v) is 6.60. The van der Waals surface area contributed by atoms with E-state index in [1.54, 1.807) is 12.1 Å². The Morgan fingerprint density at radius 3 is 2.14 bits per heavy atom. The first-order chi connectivity index (χ1) is 16.9. The first-order valence-electron chi connectivity index (χ1n) is 11.5. The maximum Gasteiger partial charge on any atom is 0.262 e. The highest BCUT2D eigenvalue weighted by Crippen LogP contribution is 2.25. The number of pyridine rings is 1. The van der Waals surface area contributed by atoms with Crippen molar-refractivity contribution < 1.29 is 14.4 Å². The van der Waals surface area contributed by atoms with Crippen molar-refractivity contribution in [3.63, 3.8) is 0 Å². The maximum absolute atomic E-state index is 12.8. The number of nitrogens with one attached hydrogen (secondary N) is 1. The molecule has 3 aromatic rings. The molecule has 1 aromatic heterocycles. The molecule has 2 aliphatic heterocycles. The molecule has 9 heteroatoms. The number of aromatic nitrogens is 1. The summed E-state index contributed by atoms with van der Waals surface area (Å²) in [7, 11) is 0. The Morgan fingerprint density at radius 1 is 0.886 bits per heavy atom. The van der Waals surface area contributed by atoms with E-state index in [1.807, 2.05) is 41.3 Å². The topological polar surface area (TPSA) is 118 Å². The van der Waals surface area contributed by atoms with Crippen LogP contribution in [-0.2, 0) is 6.42 Å². The van der Waals surface area contributed by atoms with E-state index in [0.29, 0.717) is 37.4 Å². The Hall–Kier alpha value is -4.40. The predicted octanol–water partition coefficient (Wildman–Crippen LogP) is 1.83. The molecule has 9 nitrogen and oxygen atoms in total. The van der Waals surface area contributed by atoms with Crippen LogP contribution in [0.2, 0.25) is 0 Å². The van der Waals surface area contributed by atoms with E-state index in [0.717, 1.165) is 18.2 Å². The Kier molecular flexibility index (Phi) is 5.60. The van der Waals surface area contributed by atoms with Gasteiger partial charge in [-0.1, -0.05) is 19.1 Å². The molecule has 0 bridgehead atoms. The van der Waals surface area contributed by atoms with E-state index in [-0.39, 0.29) is 22.9 Å². The van der Waals surface area contributed by atoms with Gasteiger partial charge in [-0.15, -0.1) is 0 Å². The number of imide groups is 1.